The third-order valence-corrected chi connectivity index (χ3v) is 7.79. The molecule has 3 fully saturated rings. The number of hydrogen-bond acceptors (Lipinski definition) is 4. The van der Waals surface area contributed by atoms with E-state index in [-0.39, 0.29) is 42.5 Å². The number of allylic oxidation sites excluding steroid dienone is 1. The number of Topliss-reactive ketones (excluding diaryl/α,β-unsaturated/α-hetero) is 1. The molecular weight excluding hydrogens is 379 g/mol. The first-order valence-electron chi connectivity index (χ1n) is 9.56. The summed E-state index contributed by atoms with van der Waals surface area (Å²) in [6, 6.07) is 0. The van der Waals surface area contributed by atoms with E-state index in [0.717, 1.165) is 50.9 Å². The summed E-state index contributed by atoms with van der Waals surface area (Å²) in [7, 11) is -4.67. The molecule has 0 radical (unpaired) electrons. The van der Waals surface area contributed by atoms with Crippen LogP contribution in [0.15, 0.2) is 11.6 Å². The second-order valence-electron chi connectivity index (χ2n) is 9.02. The number of hydrogen-bond donors (Lipinski definition) is 3. The normalized spacial score (nSPS) is 43.1. The summed E-state index contributed by atoms with van der Waals surface area (Å²) < 4.78 is 31.6. The molecule has 3 saturated carbocycles. The fourth-order valence-corrected chi connectivity index (χ4v) is 6.41. The van der Waals surface area contributed by atoms with Crippen LogP contribution >= 0.6 is 0 Å². The van der Waals surface area contributed by atoms with Crippen LogP contribution in [-0.2, 0) is 15.2 Å². The number of carbonyl (C=O) groups excluding carboxylic acids is 1. The predicted octanol–water partition coefficient (Wildman–Crippen LogP) is 0.343. The zero-order chi connectivity index (χ0) is 19.3. The minimum Gasteiger partial charge on any atom is -1.00 e. The van der Waals surface area contributed by atoms with Gasteiger partial charge in [-0.3, -0.25) is 13.9 Å². The van der Waals surface area contributed by atoms with E-state index in [0.29, 0.717) is 23.0 Å². The molecule has 4 aliphatic rings. The summed E-state index contributed by atoms with van der Waals surface area (Å²) in [4.78, 5) is 12.4. The van der Waals surface area contributed by atoms with Crippen LogP contribution in [0.4, 0.5) is 0 Å². The Kier molecular flexibility index (Phi) is 7.11. The van der Waals surface area contributed by atoms with Gasteiger partial charge in [0.1, 0.15) is 5.78 Å². The predicted molar refractivity (Wildman–Crippen MR) is 98.0 cm³/mol. The summed E-state index contributed by atoms with van der Waals surface area (Å²) in [6.45, 7) is 4.69. The standard InChI is InChI=1S/C19H28O2.Na.H2O4S.H/c1-18-9-7-13(20)11-12(18)3-4-14-15-5-6-17(21)19(15,2)10-8-16(14)18;;1-5(2,3)4;/h3,13-16,20H,4-11H2,1-2H3;;(H2,1,2,3,4);/q;+1;;-1/t13?,14-,15-,16-,18-,19-;;;/m0.../s1. The van der Waals surface area contributed by atoms with Crippen LogP contribution in [0.3, 0.4) is 0 Å². The van der Waals surface area contributed by atoms with Gasteiger partial charge in [0, 0.05) is 11.8 Å². The van der Waals surface area contributed by atoms with Crippen molar-refractivity contribution in [1.82, 2.24) is 0 Å². The Morgan fingerprint density at radius 2 is 1.63 bits per heavy atom. The molecule has 27 heavy (non-hydrogen) atoms. The molecule has 0 saturated heterocycles. The maximum atomic E-state index is 12.4. The summed E-state index contributed by atoms with van der Waals surface area (Å²) in [5, 5.41) is 10.00. The first kappa shape index (κ1) is 23.5. The number of aliphatic hydroxyl groups is 1. The molecule has 0 aromatic carbocycles. The first-order valence-corrected chi connectivity index (χ1v) is 11.0. The molecular formula is C19H31NaO6S. The fraction of sp³-hybridized carbons (Fsp3) is 0.842. The number of ketones is 1. The van der Waals surface area contributed by atoms with Gasteiger partial charge in [-0.25, -0.2) is 0 Å². The Balaban J connectivity index is 0.000000504. The zero-order valence-electron chi connectivity index (χ0n) is 17.5. The van der Waals surface area contributed by atoms with Gasteiger partial charge in [0.25, 0.3) is 0 Å². The number of aliphatic hydroxyl groups excluding tert-OH is 1. The summed E-state index contributed by atoms with van der Waals surface area (Å²) in [5.74, 6) is 2.60. The van der Waals surface area contributed by atoms with Gasteiger partial charge < -0.3 is 6.53 Å². The molecule has 0 heterocycles. The summed E-state index contributed by atoms with van der Waals surface area (Å²) in [5.41, 5.74) is 1.81. The zero-order valence-corrected chi connectivity index (χ0v) is 19.3. The molecule has 4 aliphatic carbocycles. The second kappa shape index (κ2) is 8.17. The third kappa shape index (κ3) is 4.55. The van der Waals surface area contributed by atoms with Gasteiger partial charge in [-0.05, 0) is 68.1 Å². The Morgan fingerprint density at radius 1 is 1.07 bits per heavy atom. The van der Waals surface area contributed by atoms with Crippen LogP contribution in [0, 0.1) is 28.6 Å². The first-order chi connectivity index (χ1) is 11.9. The van der Waals surface area contributed by atoms with E-state index in [1.165, 1.54) is 12.0 Å². The molecule has 0 bridgehead atoms. The van der Waals surface area contributed by atoms with Crippen molar-refractivity contribution in [2.45, 2.75) is 71.3 Å². The van der Waals surface area contributed by atoms with Crippen molar-refractivity contribution in [2.75, 3.05) is 0 Å². The van der Waals surface area contributed by atoms with Crippen molar-refractivity contribution < 1.29 is 58.4 Å². The minimum absolute atomic E-state index is 0. The smallest absolute Gasteiger partial charge is 1.00 e. The van der Waals surface area contributed by atoms with Gasteiger partial charge in [0.15, 0.2) is 0 Å². The van der Waals surface area contributed by atoms with Crippen molar-refractivity contribution in [3.05, 3.63) is 11.6 Å². The average molecular weight is 411 g/mol. The van der Waals surface area contributed by atoms with Gasteiger partial charge in [0.05, 0.1) is 6.10 Å². The molecule has 6 atom stereocenters. The fourth-order valence-electron chi connectivity index (χ4n) is 6.41. The van der Waals surface area contributed by atoms with E-state index in [2.05, 4.69) is 19.9 Å². The number of rotatable bonds is 0. The van der Waals surface area contributed by atoms with E-state index in [1.807, 2.05) is 0 Å². The third-order valence-electron chi connectivity index (χ3n) is 7.79. The van der Waals surface area contributed by atoms with E-state index in [4.69, 9.17) is 17.5 Å². The van der Waals surface area contributed by atoms with Gasteiger partial charge in [-0.2, -0.15) is 8.42 Å². The van der Waals surface area contributed by atoms with Crippen molar-refractivity contribution in [3.8, 4) is 0 Å². The quantitative estimate of drug-likeness (QED) is 0.302. The van der Waals surface area contributed by atoms with E-state index >= 15 is 0 Å². The van der Waals surface area contributed by atoms with Crippen molar-refractivity contribution in [2.24, 2.45) is 28.6 Å². The Hall–Kier alpha value is 0.240. The topological polar surface area (TPSA) is 112 Å². The summed E-state index contributed by atoms with van der Waals surface area (Å²) in [6.07, 6.45) is 10.7. The van der Waals surface area contributed by atoms with Crippen LogP contribution in [0.2, 0.25) is 0 Å². The monoisotopic (exact) mass is 410 g/mol. The number of fused-ring (bicyclic) bond motifs is 5. The maximum Gasteiger partial charge on any atom is 1.00 e. The van der Waals surface area contributed by atoms with Crippen LogP contribution < -0.4 is 29.6 Å². The van der Waals surface area contributed by atoms with Crippen molar-refractivity contribution >= 4 is 16.2 Å². The Morgan fingerprint density at radius 3 is 2.26 bits per heavy atom. The SMILES string of the molecule is C[C@]12CCC(O)CC1=CC[C@@H]1[C@@H]2CC[C@]2(C)C(=O)CC[C@@H]12.O=S(=O)(O)O.[H-].[Na+]. The van der Waals surface area contributed by atoms with Gasteiger partial charge in [-0.1, -0.05) is 25.5 Å². The van der Waals surface area contributed by atoms with Gasteiger partial charge >= 0.3 is 40.0 Å². The van der Waals surface area contributed by atoms with Crippen LogP contribution in [0.5, 0.6) is 0 Å². The van der Waals surface area contributed by atoms with Crippen LogP contribution in [-0.4, -0.2) is 34.5 Å². The number of carbonyl (C=O) groups is 1. The molecule has 150 valence electrons. The maximum absolute atomic E-state index is 12.4. The molecule has 0 aromatic rings. The molecule has 1 unspecified atom stereocenters. The molecule has 4 rings (SSSR count). The van der Waals surface area contributed by atoms with Crippen molar-refractivity contribution in [3.63, 3.8) is 0 Å². The van der Waals surface area contributed by atoms with Gasteiger partial charge in [0.2, 0.25) is 0 Å². The molecule has 0 aliphatic heterocycles. The van der Waals surface area contributed by atoms with E-state index in [1.54, 1.807) is 0 Å². The van der Waals surface area contributed by atoms with Crippen molar-refractivity contribution in [1.29, 1.82) is 0 Å². The molecule has 0 amide bonds. The molecule has 0 spiro atoms. The Labute approximate surface area is 185 Å². The molecule has 8 heteroatoms. The van der Waals surface area contributed by atoms with Crippen LogP contribution in [0.1, 0.15) is 66.6 Å². The molecule has 0 aromatic heterocycles. The summed E-state index contributed by atoms with van der Waals surface area (Å²) >= 11 is 0. The van der Waals surface area contributed by atoms with Crippen LogP contribution in [0.25, 0.3) is 0 Å². The molecule has 3 N–H and O–H groups in total. The Bertz CT molecular complexity index is 718. The minimum atomic E-state index is -4.67. The molecule has 6 nitrogen and oxygen atoms in total. The largest absolute Gasteiger partial charge is 1.00 e. The average Bonchev–Trinajstić information content (AvgIpc) is 2.82. The second-order valence-corrected chi connectivity index (χ2v) is 9.92. The van der Waals surface area contributed by atoms with E-state index < -0.39 is 10.4 Å². The van der Waals surface area contributed by atoms with Gasteiger partial charge in [-0.15, -0.1) is 0 Å². The van der Waals surface area contributed by atoms with E-state index in [9.17, 15) is 9.90 Å².